The summed E-state index contributed by atoms with van der Waals surface area (Å²) in [7, 11) is -2.54. The highest BCUT2D eigenvalue weighted by Crippen LogP contribution is 2.44. The zero-order valence-electron chi connectivity index (χ0n) is 21.0. The Hall–Kier alpha value is -3.05. The van der Waals surface area contributed by atoms with E-state index in [0.29, 0.717) is 17.9 Å². The molecule has 0 amide bonds. The van der Waals surface area contributed by atoms with E-state index in [2.05, 4.69) is 120 Å². The van der Waals surface area contributed by atoms with Gasteiger partial charge in [-0.25, -0.2) is 0 Å². The maximum atomic E-state index is 7.61. The summed E-state index contributed by atoms with van der Waals surface area (Å²) in [5.74, 6) is 1.26. The Morgan fingerprint density at radius 1 is 0.944 bits per heavy atom. The van der Waals surface area contributed by atoms with Gasteiger partial charge in [-0.1, -0.05) is 84.9 Å². The smallest absolute Gasteiger partial charge is 0.253 e. The summed E-state index contributed by atoms with van der Waals surface area (Å²) in [5, 5.41) is 3.81. The summed E-state index contributed by atoms with van der Waals surface area (Å²) < 4.78 is 7.61. The van der Waals surface area contributed by atoms with Crippen molar-refractivity contribution in [1.82, 2.24) is 9.88 Å². The molecule has 36 heavy (non-hydrogen) atoms. The van der Waals surface area contributed by atoms with Gasteiger partial charge < -0.3 is 4.43 Å². The molecular weight excluding hydrogens is 456 g/mol. The van der Waals surface area contributed by atoms with Gasteiger partial charge in [0.2, 0.25) is 0 Å². The molecule has 2 bridgehead atoms. The average molecular weight is 491 g/mol. The van der Waals surface area contributed by atoms with E-state index in [9.17, 15) is 0 Å². The molecule has 7 rings (SSSR count). The number of pyridine rings is 1. The van der Waals surface area contributed by atoms with E-state index in [1.807, 2.05) is 6.20 Å². The van der Waals surface area contributed by atoms with Crippen LogP contribution in [0.2, 0.25) is 6.55 Å². The number of hydrogen-bond acceptors (Lipinski definition) is 3. The molecule has 5 atom stereocenters. The van der Waals surface area contributed by atoms with Crippen LogP contribution in [0.25, 0.3) is 10.9 Å². The van der Waals surface area contributed by atoms with Crippen molar-refractivity contribution in [3.63, 3.8) is 0 Å². The molecule has 182 valence electrons. The monoisotopic (exact) mass is 490 g/mol. The predicted molar refractivity (Wildman–Crippen MR) is 151 cm³/mol. The highest BCUT2D eigenvalue weighted by Gasteiger charge is 2.46. The Balaban J connectivity index is 1.50. The van der Waals surface area contributed by atoms with Crippen LogP contribution in [-0.2, 0) is 4.43 Å². The highest BCUT2D eigenvalue weighted by atomic mass is 28.4. The molecule has 3 nitrogen and oxygen atoms in total. The number of rotatable bonds is 7. The quantitative estimate of drug-likeness (QED) is 0.250. The molecule has 0 spiro atoms. The number of piperidine rings is 3. The van der Waals surface area contributed by atoms with Crippen LogP contribution >= 0.6 is 0 Å². The van der Waals surface area contributed by atoms with Gasteiger partial charge in [0.25, 0.3) is 8.32 Å². The lowest BCUT2D eigenvalue weighted by Gasteiger charge is -2.52. The molecule has 3 saturated heterocycles. The van der Waals surface area contributed by atoms with Crippen LogP contribution in [0.5, 0.6) is 0 Å². The second-order valence-electron chi connectivity index (χ2n) is 10.5. The van der Waals surface area contributed by atoms with Crippen LogP contribution in [0.1, 0.15) is 24.5 Å². The summed E-state index contributed by atoms with van der Waals surface area (Å²) in [4.78, 5) is 7.36. The fourth-order valence-corrected chi connectivity index (χ4v) is 9.53. The molecule has 0 aliphatic carbocycles. The molecular formula is C32H34N2OSi. The van der Waals surface area contributed by atoms with Crippen LogP contribution in [0.3, 0.4) is 0 Å². The Labute approximate surface area is 215 Å². The first-order valence-corrected chi connectivity index (χ1v) is 15.6. The third kappa shape index (κ3) is 4.13. The Morgan fingerprint density at radius 2 is 1.61 bits per heavy atom. The molecule has 3 aromatic carbocycles. The molecule has 3 aliphatic heterocycles. The van der Waals surface area contributed by atoms with Gasteiger partial charge in [-0.2, -0.15) is 0 Å². The molecule has 4 heterocycles. The molecule has 4 aromatic rings. The zero-order valence-corrected chi connectivity index (χ0v) is 22.0. The van der Waals surface area contributed by atoms with Gasteiger partial charge in [-0.05, 0) is 65.8 Å². The van der Waals surface area contributed by atoms with Crippen molar-refractivity contribution >= 4 is 29.6 Å². The van der Waals surface area contributed by atoms with E-state index in [4.69, 9.17) is 4.43 Å². The molecule has 1 unspecified atom stereocenters. The maximum absolute atomic E-state index is 7.61. The Kier molecular flexibility index (Phi) is 6.34. The topological polar surface area (TPSA) is 25.4 Å². The number of fused-ring (bicyclic) bond motifs is 4. The minimum Gasteiger partial charge on any atom is -0.400 e. The lowest BCUT2D eigenvalue weighted by molar-refractivity contribution is -0.0372. The van der Waals surface area contributed by atoms with Gasteiger partial charge in [0.15, 0.2) is 0 Å². The Bertz CT molecular complexity index is 1300. The number of para-hydroxylation sites is 1. The van der Waals surface area contributed by atoms with Gasteiger partial charge in [0.1, 0.15) is 0 Å². The van der Waals surface area contributed by atoms with Crippen LogP contribution in [-0.4, -0.2) is 37.3 Å². The second kappa shape index (κ2) is 9.77. The SMILES string of the molecule is C=C[C@H]1CN2CC[C@H]1C[C@H]2[C@H](O[Si](C)(c1ccccc1)c1ccccc1)c1ccnc2ccccc12. The number of hydrogen-bond donors (Lipinski definition) is 0. The summed E-state index contributed by atoms with van der Waals surface area (Å²) in [6.45, 7) is 8.74. The van der Waals surface area contributed by atoms with Crippen molar-refractivity contribution in [1.29, 1.82) is 0 Å². The summed E-state index contributed by atoms with van der Waals surface area (Å²) in [5.41, 5.74) is 2.30. The van der Waals surface area contributed by atoms with Crippen LogP contribution in [0.4, 0.5) is 0 Å². The van der Waals surface area contributed by atoms with E-state index < -0.39 is 8.32 Å². The standard InChI is InChI=1S/C32H34N2OSi/c1-3-24-23-34-21-19-25(24)22-31(34)32(29-18-20-33-30-17-11-10-16-28(29)30)35-36(2,26-12-6-4-7-13-26)27-14-8-5-9-15-27/h3-18,20,24-25,31-32H,1,19,21-23H2,2H3/t24-,25-,31-,32+/m0/s1. The van der Waals surface area contributed by atoms with Crippen LogP contribution in [0, 0.1) is 11.8 Å². The lowest BCUT2D eigenvalue weighted by atomic mass is 9.73. The second-order valence-corrected chi connectivity index (χ2v) is 13.9. The van der Waals surface area contributed by atoms with Gasteiger partial charge in [0, 0.05) is 24.2 Å². The van der Waals surface area contributed by atoms with Gasteiger partial charge >= 0.3 is 0 Å². The van der Waals surface area contributed by atoms with Crippen molar-refractivity contribution in [3.8, 4) is 0 Å². The van der Waals surface area contributed by atoms with Crippen molar-refractivity contribution < 1.29 is 4.43 Å². The Morgan fingerprint density at radius 3 is 2.25 bits per heavy atom. The van der Waals surface area contributed by atoms with Gasteiger partial charge in [-0.3, -0.25) is 9.88 Å². The summed E-state index contributed by atoms with van der Waals surface area (Å²) in [6.07, 6.45) is 6.50. The molecule has 1 aromatic heterocycles. The highest BCUT2D eigenvalue weighted by molar-refractivity contribution is 6.96. The maximum Gasteiger partial charge on any atom is 0.253 e. The minimum absolute atomic E-state index is 0.0384. The van der Waals surface area contributed by atoms with E-state index in [0.717, 1.165) is 25.0 Å². The van der Waals surface area contributed by atoms with Crippen molar-refractivity contribution in [2.45, 2.75) is 31.5 Å². The minimum atomic E-state index is -2.54. The first-order chi connectivity index (χ1) is 17.7. The fraction of sp³-hybridized carbons (Fsp3) is 0.281. The molecule has 0 radical (unpaired) electrons. The third-order valence-electron chi connectivity index (χ3n) is 8.50. The van der Waals surface area contributed by atoms with Crippen molar-refractivity contribution in [3.05, 3.63) is 115 Å². The molecule has 3 aliphatic rings. The average Bonchev–Trinajstić information content (AvgIpc) is 2.96. The number of benzene rings is 3. The normalized spacial score (nSPS) is 24.5. The summed E-state index contributed by atoms with van der Waals surface area (Å²) in [6, 6.07) is 32.8. The third-order valence-corrected chi connectivity index (χ3v) is 12.1. The van der Waals surface area contributed by atoms with Crippen LogP contribution < -0.4 is 10.4 Å². The number of aromatic nitrogens is 1. The first-order valence-electron chi connectivity index (χ1n) is 13.2. The first kappa shape index (κ1) is 23.4. The molecule has 4 heteroatoms. The predicted octanol–water partition coefficient (Wildman–Crippen LogP) is 5.58. The molecule has 3 fully saturated rings. The molecule has 0 saturated carbocycles. The van der Waals surface area contributed by atoms with Gasteiger partial charge in [-0.15, -0.1) is 6.58 Å². The van der Waals surface area contributed by atoms with E-state index in [-0.39, 0.29) is 6.10 Å². The van der Waals surface area contributed by atoms with E-state index in [1.165, 1.54) is 27.7 Å². The van der Waals surface area contributed by atoms with Gasteiger partial charge in [0.05, 0.1) is 11.6 Å². The van der Waals surface area contributed by atoms with E-state index >= 15 is 0 Å². The largest absolute Gasteiger partial charge is 0.400 e. The van der Waals surface area contributed by atoms with Crippen molar-refractivity contribution in [2.75, 3.05) is 13.1 Å². The van der Waals surface area contributed by atoms with Crippen LogP contribution in [0.15, 0.2) is 110 Å². The summed E-state index contributed by atoms with van der Waals surface area (Å²) >= 11 is 0. The van der Waals surface area contributed by atoms with E-state index in [1.54, 1.807) is 0 Å². The number of nitrogens with zero attached hydrogens (tertiary/aromatic N) is 2. The zero-order chi connectivity index (χ0) is 24.5. The van der Waals surface area contributed by atoms with Crippen molar-refractivity contribution in [2.24, 2.45) is 11.8 Å². The molecule has 0 N–H and O–H groups in total. The lowest BCUT2D eigenvalue weighted by Crippen LogP contribution is -2.62. The fourth-order valence-electron chi connectivity index (χ4n) is 6.48.